The van der Waals surface area contributed by atoms with Crippen molar-refractivity contribution >= 4 is 0 Å². The minimum Gasteiger partial charge on any atom is -0.381 e. The molecule has 5 rings (SSSR count). The van der Waals surface area contributed by atoms with Gasteiger partial charge in [0.1, 0.15) is 23.1 Å². The molecule has 0 saturated carbocycles. The summed E-state index contributed by atoms with van der Waals surface area (Å²) in [4.78, 5) is 4.21. The van der Waals surface area contributed by atoms with E-state index in [0.29, 0.717) is 31.7 Å². The van der Waals surface area contributed by atoms with Crippen molar-refractivity contribution in [3.63, 3.8) is 0 Å². The first-order chi connectivity index (χ1) is 15.1. The molecule has 7 nitrogen and oxygen atoms in total. The second kappa shape index (κ2) is 7.95. The van der Waals surface area contributed by atoms with Gasteiger partial charge in [-0.05, 0) is 43.2 Å². The predicted molar refractivity (Wildman–Crippen MR) is 103 cm³/mol. The summed E-state index contributed by atoms with van der Waals surface area (Å²) in [5.41, 5.74) is 0.969. The van der Waals surface area contributed by atoms with Gasteiger partial charge in [0, 0.05) is 19.1 Å². The maximum Gasteiger partial charge on any atom is 0.280 e. The van der Waals surface area contributed by atoms with E-state index in [2.05, 4.69) is 20.5 Å². The van der Waals surface area contributed by atoms with Gasteiger partial charge in [-0.15, -0.1) is 5.10 Å². The first kappa shape index (κ1) is 19.4. The number of aromatic nitrogens is 5. The van der Waals surface area contributed by atoms with E-state index in [1.54, 1.807) is 18.2 Å². The molecular weight excluding hydrogens is 411 g/mol. The molecule has 0 radical (unpaired) electrons. The molecule has 0 amide bonds. The van der Waals surface area contributed by atoms with Gasteiger partial charge in [0.25, 0.3) is 5.89 Å². The van der Waals surface area contributed by atoms with Crippen molar-refractivity contribution in [3.05, 3.63) is 65.6 Å². The van der Waals surface area contributed by atoms with Crippen LogP contribution in [0.4, 0.5) is 13.2 Å². The zero-order valence-electron chi connectivity index (χ0n) is 16.1. The largest absolute Gasteiger partial charge is 0.381 e. The van der Waals surface area contributed by atoms with Crippen LogP contribution in [0.15, 0.2) is 47.0 Å². The topological polar surface area (TPSA) is 78.9 Å². The summed E-state index contributed by atoms with van der Waals surface area (Å²) in [5.74, 6) is -1.95. The molecule has 2 aromatic heterocycles. The summed E-state index contributed by atoms with van der Waals surface area (Å²) in [6.07, 6.45) is 1.35. The second-order valence-electron chi connectivity index (χ2n) is 7.12. The number of nitrogens with zero attached hydrogens (tertiary/aromatic N) is 5. The lowest BCUT2D eigenvalue weighted by Crippen LogP contribution is -2.18. The molecule has 0 spiro atoms. The highest BCUT2D eigenvalue weighted by Crippen LogP contribution is 2.35. The number of halogens is 3. The van der Waals surface area contributed by atoms with Gasteiger partial charge < -0.3 is 9.26 Å². The number of hydrogen-bond acceptors (Lipinski definition) is 6. The number of hydrogen-bond donors (Lipinski definition) is 0. The van der Waals surface area contributed by atoms with E-state index in [1.807, 2.05) is 0 Å². The molecule has 0 atom stereocenters. The van der Waals surface area contributed by atoms with Crippen molar-refractivity contribution < 1.29 is 22.4 Å². The van der Waals surface area contributed by atoms with E-state index < -0.39 is 17.5 Å². The van der Waals surface area contributed by atoms with Gasteiger partial charge in [0.05, 0.1) is 11.3 Å². The molecule has 10 heteroatoms. The minimum absolute atomic E-state index is 0.0113. The van der Waals surface area contributed by atoms with Gasteiger partial charge in [-0.3, -0.25) is 0 Å². The van der Waals surface area contributed by atoms with Crippen LogP contribution in [0.1, 0.15) is 24.5 Å². The molecule has 4 aromatic rings. The third-order valence-electron chi connectivity index (χ3n) is 5.19. The molecule has 1 aliphatic rings. The maximum absolute atomic E-state index is 14.5. The zero-order valence-corrected chi connectivity index (χ0v) is 16.1. The van der Waals surface area contributed by atoms with E-state index in [9.17, 15) is 13.2 Å². The number of rotatable bonds is 4. The van der Waals surface area contributed by atoms with E-state index in [-0.39, 0.29) is 34.6 Å². The highest BCUT2D eigenvalue weighted by molar-refractivity contribution is 5.60. The van der Waals surface area contributed by atoms with Gasteiger partial charge in [0.15, 0.2) is 5.69 Å². The molecule has 1 saturated heterocycles. The Kier molecular flexibility index (Phi) is 4.99. The highest BCUT2D eigenvalue weighted by atomic mass is 19.1. The molecule has 3 heterocycles. The fraction of sp³-hybridized carbons (Fsp3) is 0.238. The third kappa shape index (κ3) is 3.59. The minimum atomic E-state index is -0.687. The zero-order chi connectivity index (χ0) is 21.4. The SMILES string of the molecule is Fc1ccc(F)c(-c2noc(-c3nnn(-c4ccccc4F)c3C3CCOCC3)n2)c1. The lowest BCUT2D eigenvalue weighted by Gasteiger charge is -2.23. The summed E-state index contributed by atoms with van der Waals surface area (Å²) in [5, 5.41) is 12.1. The Labute approximate surface area is 174 Å². The predicted octanol–water partition coefficient (Wildman–Crippen LogP) is 4.30. The van der Waals surface area contributed by atoms with Crippen molar-refractivity contribution in [2.75, 3.05) is 13.2 Å². The van der Waals surface area contributed by atoms with Crippen LogP contribution in [-0.2, 0) is 4.74 Å². The lowest BCUT2D eigenvalue weighted by molar-refractivity contribution is 0.0840. The monoisotopic (exact) mass is 427 g/mol. The van der Waals surface area contributed by atoms with Crippen LogP contribution in [0.5, 0.6) is 0 Å². The maximum atomic E-state index is 14.5. The number of para-hydroxylation sites is 1. The van der Waals surface area contributed by atoms with E-state index in [0.717, 1.165) is 18.2 Å². The second-order valence-corrected chi connectivity index (χ2v) is 7.12. The Balaban J connectivity index is 1.62. The van der Waals surface area contributed by atoms with Crippen LogP contribution in [0.3, 0.4) is 0 Å². The van der Waals surface area contributed by atoms with Crippen molar-refractivity contribution in [3.8, 4) is 28.7 Å². The van der Waals surface area contributed by atoms with Gasteiger partial charge in [-0.2, -0.15) is 4.98 Å². The lowest BCUT2D eigenvalue weighted by atomic mass is 9.94. The molecule has 0 N–H and O–H groups in total. The first-order valence-electron chi connectivity index (χ1n) is 9.69. The molecule has 0 bridgehead atoms. The van der Waals surface area contributed by atoms with Crippen LogP contribution in [0, 0.1) is 17.5 Å². The molecule has 2 aromatic carbocycles. The van der Waals surface area contributed by atoms with Crippen molar-refractivity contribution in [2.45, 2.75) is 18.8 Å². The van der Waals surface area contributed by atoms with Gasteiger partial charge in [0.2, 0.25) is 5.82 Å². The molecule has 0 aliphatic carbocycles. The van der Waals surface area contributed by atoms with E-state index >= 15 is 0 Å². The van der Waals surface area contributed by atoms with Crippen LogP contribution in [0.2, 0.25) is 0 Å². The molecule has 1 fully saturated rings. The standard InChI is InChI=1S/C21H16F3N5O2/c22-13-5-6-15(23)14(11-13)20-25-21(31-27-20)18-19(12-7-9-30-10-8-12)29(28-26-18)17-4-2-1-3-16(17)24/h1-6,11-12H,7-10H2. The van der Waals surface area contributed by atoms with Crippen LogP contribution >= 0.6 is 0 Å². The van der Waals surface area contributed by atoms with E-state index in [1.165, 1.54) is 10.7 Å². The van der Waals surface area contributed by atoms with Crippen LogP contribution < -0.4 is 0 Å². The highest BCUT2D eigenvalue weighted by Gasteiger charge is 2.30. The van der Waals surface area contributed by atoms with Crippen LogP contribution in [-0.4, -0.2) is 38.3 Å². The summed E-state index contributed by atoms with van der Waals surface area (Å²) in [6.45, 7) is 1.08. The molecule has 158 valence electrons. The van der Waals surface area contributed by atoms with Crippen molar-refractivity contribution in [2.24, 2.45) is 0 Å². The smallest absolute Gasteiger partial charge is 0.280 e. The fourth-order valence-electron chi connectivity index (χ4n) is 3.68. The van der Waals surface area contributed by atoms with Crippen molar-refractivity contribution in [1.29, 1.82) is 0 Å². The first-order valence-corrected chi connectivity index (χ1v) is 9.69. The Morgan fingerprint density at radius 3 is 2.58 bits per heavy atom. The number of benzene rings is 2. The average molecular weight is 427 g/mol. The summed E-state index contributed by atoms with van der Waals surface area (Å²) >= 11 is 0. The third-order valence-corrected chi connectivity index (χ3v) is 5.19. The van der Waals surface area contributed by atoms with E-state index in [4.69, 9.17) is 9.26 Å². The fourth-order valence-corrected chi connectivity index (χ4v) is 3.68. The number of ether oxygens (including phenoxy) is 1. The van der Waals surface area contributed by atoms with Gasteiger partial charge >= 0.3 is 0 Å². The molecular formula is C21H16F3N5O2. The Morgan fingerprint density at radius 2 is 1.77 bits per heavy atom. The Bertz CT molecular complexity index is 1230. The Hall–Kier alpha value is -3.53. The van der Waals surface area contributed by atoms with Gasteiger partial charge in [-0.1, -0.05) is 22.5 Å². The molecule has 31 heavy (non-hydrogen) atoms. The quantitative estimate of drug-likeness (QED) is 0.483. The normalized spacial score (nSPS) is 14.8. The summed E-state index contributed by atoms with van der Waals surface area (Å²) < 4.78 is 54.4. The summed E-state index contributed by atoms with van der Waals surface area (Å²) in [7, 11) is 0. The molecule has 1 aliphatic heterocycles. The van der Waals surface area contributed by atoms with Crippen molar-refractivity contribution in [1.82, 2.24) is 25.1 Å². The van der Waals surface area contributed by atoms with Gasteiger partial charge in [-0.25, -0.2) is 17.9 Å². The molecule has 0 unspecified atom stereocenters. The van der Waals surface area contributed by atoms with Crippen LogP contribution in [0.25, 0.3) is 28.7 Å². The Morgan fingerprint density at radius 1 is 0.968 bits per heavy atom. The average Bonchev–Trinajstić information content (AvgIpc) is 3.44. The summed E-state index contributed by atoms with van der Waals surface area (Å²) in [6, 6.07) is 9.19.